The van der Waals surface area contributed by atoms with Crippen LogP contribution in [0.1, 0.15) is 28.8 Å². The number of carboxylic acids is 1. The van der Waals surface area contributed by atoms with Gasteiger partial charge in [-0.05, 0) is 54.8 Å². The summed E-state index contributed by atoms with van der Waals surface area (Å²) in [5.41, 5.74) is 0.392. The standard InChI is InChI=1S/C19H18FNO4/c20-15-3-1-2-14(12-15)19(8-10-25-11-9-19)18(24)21-16-6-4-13(5-7-16)17(22)23/h1-7,12H,8-11H2,(H,21,24)(H,22,23). The van der Waals surface area contributed by atoms with Crippen LogP contribution in [0.4, 0.5) is 10.1 Å². The van der Waals surface area contributed by atoms with E-state index < -0.39 is 11.4 Å². The number of carboxylic acid groups (broad SMARTS) is 1. The maximum absolute atomic E-state index is 13.7. The van der Waals surface area contributed by atoms with E-state index in [2.05, 4.69) is 5.32 Å². The SMILES string of the molecule is O=C(O)c1ccc(NC(=O)C2(c3cccc(F)c3)CCOCC2)cc1. The molecule has 1 saturated heterocycles. The van der Waals surface area contributed by atoms with Crippen LogP contribution in [0, 0.1) is 5.82 Å². The minimum atomic E-state index is -1.03. The molecular weight excluding hydrogens is 325 g/mol. The third-order valence-corrected chi connectivity index (χ3v) is 4.55. The van der Waals surface area contributed by atoms with Crippen LogP contribution < -0.4 is 5.32 Å². The van der Waals surface area contributed by atoms with Gasteiger partial charge in [-0.15, -0.1) is 0 Å². The minimum absolute atomic E-state index is 0.143. The fourth-order valence-corrected chi connectivity index (χ4v) is 3.10. The second-order valence-electron chi connectivity index (χ2n) is 6.04. The number of halogens is 1. The highest BCUT2D eigenvalue weighted by molar-refractivity contribution is 5.99. The van der Waals surface area contributed by atoms with Gasteiger partial charge < -0.3 is 15.2 Å². The van der Waals surface area contributed by atoms with Gasteiger partial charge in [0.15, 0.2) is 0 Å². The van der Waals surface area contributed by atoms with Gasteiger partial charge in [0, 0.05) is 18.9 Å². The number of hydrogen-bond donors (Lipinski definition) is 2. The minimum Gasteiger partial charge on any atom is -0.478 e. The number of ether oxygens (including phenoxy) is 1. The first-order chi connectivity index (χ1) is 12.0. The summed E-state index contributed by atoms with van der Waals surface area (Å²) in [6, 6.07) is 12.0. The molecule has 25 heavy (non-hydrogen) atoms. The summed E-state index contributed by atoms with van der Waals surface area (Å²) in [4.78, 5) is 23.9. The molecule has 3 rings (SSSR count). The predicted molar refractivity (Wildman–Crippen MR) is 90.2 cm³/mol. The molecule has 0 unspecified atom stereocenters. The van der Waals surface area contributed by atoms with Crippen LogP contribution in [0.25, 0.3) is 0 Å². The lowest BCUT2D eigenvalue weighted by Crippen LogP contribution is -2.44. The predicted octanol–water partition coefficient (Wildman–Crippen LogP) is 3.21. The van der Waals surface area contributed by atoms with E-state index in [9.17, 15) is 14.0 Å². The second kappa shape index (κ2) is 7.03. The smallest absolute Gasteiger partial charge is 0.335 e. The van der Waals surface area contributed by atoms with E-state index >= 15 is 0 Å². The molecule has 0 atom stereocenters. The normalized spacial score (nSPS) is 16.2. The van der Waals surface area contributed by atoms with Crippen molar-refractivity contribution in [1.29, 1.82) is 0 Å². The van der Waals surface area contributed by atoms with Gasteiger partial charge in [0.25, 0.3) is 0 Å². The Bertz CT molecular complexity index is 782. The number of amides is 1. The molecule has 6 heteroatoms. The number of hydrogen-bond acceptors (Lipinski definition) is 3. The first kappa shape index (κ1) is 17.1. The Kier molecular flexibility index (Phi) is 4.81. The van der Waals surface area contributed by atoms with Crippen molar-refractivity contribution in [2.24, 2.45) is 0 Å². The molecule has 2 aromatic carbocycles. The van der Waals surface area contributed by atoms with Crippen LogP contribution in [0.2, 0.25) is 0 Å². The molecular formula is C19H18FNO4. The fraction of sp³-hybridized carbons (Fsp3) is 0.263. The van der Waals surface area contributed by atoms with Crippen molar-refractivity contribution in [1.82, 2.24) is 0 Å². The molecule has 1 aliphatic heterocycles. The van der Waals surface area contributed by atoms with Crippen LogP contribution in [0.5, 0.6) is 0 Å². The highest BCUT2D eigenvalue weighted by atomic mass is 19.1. The summed E-state index contributed by atoms with van der Waals surface area (Å²) in [7, 11) is 0. The zero-order chi connectivity index (χ0) is 17.9. The van der Waals surface area contributed by atoms with Gasteiger partial charge in [0.2, 0.25) is 5.91 Å². The average Bonchev–Trinajstić information content (AvgIpc) is 2.62. The Morgan fingerprint density at radius 2 is 1.76 bits per heavy atom. The number of carbonyl (C=O) groups is 2. The van der Waals surface area contributed by atoms with E-state index in [-0.39, 0.29) is 17.3 Å². The second-order valence-corrected chi connectivity index (χ2v) is 6.04. The molecule has 0 bridgehead atoms. The zero-order valence-corrected chi connectivity index (χ0v) is 13.5. The average molecular weight is 343 g/mol. The molecule has 1 fully saturated rings. The highest BCUT2D eigenvalue weighted by Crippen LogP contribution is 2.36. The number of aromatic carboxylic acids is 1. The van der Waals surface area contributed by atoms with Crippen molar-refractivity contribution < 1.29 is 23.8 Å². The van der Waals surface area contributed by atoms with Gasteiger partial charge in [-0.1, -0.05) is 12.1 Å². The molecule has 0 aliphatic carbocycles. The van der Waals surface area contributed by atoms with Gasteiger partial charge >= 0.3 is 5.97 Å². The monoisotopic (exact) mass is 343 g/mol. The van der Waals surface area contributed by atoms with Gasteiger partial charge in [0.05, 0.1) is 11.0 Å². The molecule has 1 aliphatic rings. The third-order valence-electron chi connectivity index (χ3n) is 4.55. The summed E-state index contributed by atoms with van der Waals surface area (Å²) in [6.07, 6.45) is 0.908. The van der Waals surface area contributed by atoms with Gasteiger partial charge in [-0.3, -0.25) is 4.79 Å². The van der Waals surface area contributed by atoms with Gasteiger partial charge in [-0.25, -0.2) is 9.18 Å². The molecule has 0 spiro atoms. The first-order valence-electron chi connectivity index (χ1n) is 8.00. The number of nitrogens with one attached hydrogen (secondary N) is 1. The summed E-state index contributed by atoms with van der Waals surface area (Å²) >= 11 is 0. The van der Waals surface area contributed by atoms with Gasteiger partial charge in [0.1, 0.15) is 5.82 Å². The number of carbonyl (C=O) groups excluding carboxylic acids is 1. The van der Waals surface area contributed by atoms with E-state index in [0.717, 1.165) is 0 Å². The fourth-order valence-electron chi connectivity index (χ4n) is 3.10. The Balaban J connectivity index is 1.88. The number of benzene rings is 2. The van der Waals surface area contributed by atoms with E-state index in [1.807, 2.05) is 0 Å². The van der Waals surface area contributed by atoms with E-state index in [4.69, 9.17) is 9.84 Å². The van der Waals surface area contributed by atoms with Crippen LogP contribution in [-0.2, 0) is 14.9 Å². The lowest BCUT2D eigenvalue weighted by Gasteiger charge is -2.36. The molecule has 2 aromatic rings. The molecule has 0 saturated carbocycles. The molecule has 130 valence electrons. The van der Waals surface area contributed by atoms with Gasteiger partial charge in [-0.2, -0.15) is 0 Å². The molecule has 0 aromatic heterocycles. The lowest BCUT2D eigenvalue weighted by atomic mass is 9.73. The van der Waals surface area contributed by atoms with Crippen LogP contribution in [0.15, 0.2) is 48.5 Å². The molecule has 1 amide bonds. The molecule has 2 N–H and O–H groups in total. The molecule has 5 nitrogen and oxygen atoms in total. The van der Waals surface area contributed by atoms with Crippen molar-refractivity contribution in [3.05, 3.63) is 65.5 Å². The maximum atomic E-state index is 13.7. The maximum Gasteiger partial charge on any atom is 0.335 e. The lowest BCUT2D eigenvalue weighted by molar-refractivity contribution is -0.125. The third kappa shape index (κ3) is 3.53. The van der Waals surface area contributed by atoms with Crippen molar-refractivity contribution in [2.75, 3.05) is 18.5 Å². The Morgan fingerprint density at radius 3 is 2.36 bits per heavy atom. The summed E-state index contributed by atoms with van der Waals surface area (Å²) in [6.45, 7) is 0.837. The van der Waals surface area contributed by atoms with Crippen molar-refractivity contribution in [3.8, 4) is 0 Å². The summed E-state index contributed by atoms with van der Waals surface area (Å²) in [5, 5.41) is 11.8. The highest BCUT2D eigenvalue weighted by Gasteiger charge is 2.42. The first-order valence-corrected chi connectivity index (χ1v) is 8.00. The molecule has 0 radical (unpaired) electrons. The van der Waals surface area contributed by atoms with Crippen LogP contribution in [0.3, 0.4) is 0 Å². The van der Waals surface area contributed by atoms with E-state index in [1.165, 1.54) is 24.3 Å². The quantitative estimate of drug-likeness (QED) is 0.894. The molecule has 1 heterocycles. The van der Waals surface area contributed by atoms with E-state index in [0.29, 0.717) is 37.3 Å². The van der Waals surface area contributed by atoms with E-state index in [1.54, 1.807) is 24.3 Å². The summed E-state index contributed by atoms with van der Waals surface area (Å²) in [5.74, 6) is -1.66. The Morgan fingerprint density at radius 1 is 1.08 bits per heavy atom. The Hall–Kier alpha value is -2.73. The van der Waals surface area contributed by atoms with Crippen LogP contribution >= 0.6 is 0 Å². The zero-order valence-electron chi connectivity index (χ0n) is 13.5. The van der Waals surface area contributed by atoms with Crippen molar-refractivity contribution in [2.45, 2.75) is 18.3 Å². The number of rotatable bonds is 4. The van der Waals surface area contributed by atoms with Crippen molar-refractivity contribution in [3.63, 3.8) is 0 Å². The largest absolute Gasteiger partial charge is 0.478 e. The summed E-state index contributed by atoms with van der Waals surface area (Å²) < 4.78 is 19.1. The topological polar surface area (TPSA) is 75.6 Å². The van der Waals surface area contributed by atoms with Crippen molar-refractivity contribution >= 4 is 17.6 Å². The Labute approximate surface area is 144 Å². The number of anilines is 1. The van der Waals surface area contributed by atoms with Crippen LogP contribution in [-0.4, -0.2) is 30.2 Å².